The van der Waals surface area contributed by atoms with E-state index in [2.05, 4.69) is 0 Å². The SMILES string of the molecule is CCOC(=O)c1ccc[n+](CC)c1.[Br-]. The Morgan fingerprint density at radius 2 is 2.21 bits per heavy atom. The van der Waals surface area contributed by atoms with Crippen LogP contribution in [0.4, 0.5) is 0 Å². The van der Waals surface area contributed by atoms with E-state index in [1.165, 1.54) is 0 Å². The van der Waals surface area contributed by atoms with Crippen LogP contribution in [-0.4, -0.2) is 12.6 Å². The minimum Gasteiger partial charge on any atom is -1.00 e. The smallest absolute Gasteiger partial charge is 0.344 e. The van der Waals surface area contributed by atoms with Crippen LogP contribution in [0.25, 0.3) is 0 Å². The summed E-state index contributed by atoms with van der Waals surface area (Å²) in [5.41, 5.74) is 0.603. The zero-order valence-electron chi connectivity index (χ0n) is 8.37. The second-order valence-electron chi connectivity index (χ2n) is 2.64. The highest BCUT2D eigenvalue weighted by Gasteiger charge is 2.09. The quantitative estimate of drug-likeness (QED) is 0.473. The van der Waals surface area contributed by atoms with Crippen LogP contribution in [-0.2, 0) is 11.3 Å². The maximum atomic E-state index is 11.3. The first-order valence-corrected chi connectivity index (χ1v) is 4.44. The highest BCUT2D eigenvalue weighted by molar-refractivity contribution is 5.88. The third kappa shape index (κ3) is 3.46. The standard InChI is InChI=1S/C10H14NO2.BrH/c1-3-11-7-5-6-9(8-11)10(12)13-4-2;/h5-8H,3-4H2,1-2H3;1H/q+1;/p-1. The van der Waals surface area contributed by atoms with Crippen LogP contribution < -0.4 is 21.5 Å². The predicted molar refractivity (Wildman–Crippen MR) is 48.3 cm³/mol. The Kier molecular flexibility index (Phi) is 6.12. The molecule has 0 aromatic carbocycles. The zero-order valence-corrected chi connectivity index (χ0v) is 9.95. The van der Waals surface area contributed by atoms with E-state index in [0.717, 1.165) is 6.54 Å². The minimum atomic E-state index is -0.259. The van der Waals surface area contributed by atoms with E-state index >= 15 is 0 Å². The summed E-state index contributed by atoms with van der Waals surface area (Å²) in [5, 5.41) is 0. The van der Waals surface area contributed by atoms with Crippen LogP contribution in [0.2, 0.25) is 0 Å². The average molecular weight is 260 g/mol. The fraction of sp³-hybridized carbons (Fsp3) is 0.400. The van der Waals surface area contributed by atoms with Crippen molar-refractivity contribution < 1.29 is 31.1 Å². The Labute approximate surface area is 94.5 Å². The summed E-state index contributed by atoms with van der Waals surface area (Å²) in [4.78, 5) is 11.3. The summed E-state index contributed by atoms with van der Waals surface area (Å²) < 4.78 is 6.81. The van der Waals surface area contributed by atoms with Gasteiger partial charge in [0.2, 0.25) is 0 Å². The van der Waals surface area contributed by atoms with Gasteiger partial charge in [-0.3, -0.25) is 0 Å². The third-order valence-electron chi connectivity index (χ3n) is 1.73. The number of halogens is 1. The summed E-state index contributed by atoms with van der Waals surface area (Å²) in [5.74, 6) is -0.259. The molecule has 0 atom stereocenters. The normalized spacial score (nSPS) is 9.00. The van der Waals surface area contributed by atoms with Gasteiger partial charge in [-0.15, -0.1) is 0 Å². The maximum absolute atomic E-state index is 11.3. The molecular formula is C10H14BrNO2. The Hall–Kier alpha value is -0.900. The number of hydrogen-bond acceptors (Lipinski definition) is 2. The molecule has 78 valence electrons. The lowest BCUT2D eigenvalue weighted by molar-refractivity contribution is -0.693. The molecule has 0 aliphatic rings. The Bertz CT molecular complexity index is 302. The number of pyridine rings is 1. The van der Waals surface area contributed by atoms with Gasteiger partial charge < -0.3 is 21.7 Å². The summed E-state index contributed by atoms with van der Waals surface area (Å²) in [6, 6.07) is 3.60. The van der Waals surface area contributed by atoms with Gasteiger partial charge in [0.25, 0.3) is 0 Å². The van der Waals surface area contributed by atoms with Crippen molar-refractivity contribution in [2.75, 3.05) is 6.61 Å². The molecule has 1 aromatic heterocycles. The van der Waals surface area contributed by atoms with E-state index in [1.807, 2.05) is 23.8 Å². The van der Waals surface area contributed by atoms with Gasteiger partial charge in [0.05, 0.1) is 6.61 Å². The Morgan fingerprint density at radius 1 is 1.50 bits per heavy atom. The van der Waals surface area contributed by atoms with Crippen LogP contribution in [0.1, 0.15) is 24.2 Å². The molecule has 0 saturated heterocycles. The second kappa shape index (κ2) is 6.54. The van der Waals surface area contributed by atoms with Crippen molar-refractivity contribution in [1.29, 1.82) is 0 Å². The first kappa shape index (κ1) is 13.1. The van der Waals surface area contributed by atoms with Crippen molar-refractivity contribution >= 4 is 5.97 Å². The lowest BCUT2D eigenvalue weighted by Crippen LogP contribution is -3.00. The van der Waals surface area contributed by atoms with Crippen LogP contribution in [0.15, 0.2) is 24.5 Å². The number of esters is 1. The first-order chi connectivity index (χ1) is 6.27. The van der Waals surface area contributed by atoms with E-state index in [0.29, 0.717) is 12.2 Å². The molecule has 0 radical (unpaired) electrons. The number of aryl methyl sites for hydroxylation is 1. The monoisotopic (exact) mass is 259 g/mol. The molecule has 0 unspecified atom stereocenters. The number of ether oxygens (including phenoxy) is 1. The summed E-state index contributed by atoms with van der Waals surface area (Å²) in [7, 11) is 0. The number of hydrogen-bond donors (Lipinski definition) is 0. The molecule has 1 rings (SSSR count). The lowest BCUT2D eigenvalue weighted by atomic mass is 10.3. The zero-order chi connectivity index (χ0) is 9.68. The molecule has 0 amide bonds. The summed E-state index contributed by atoms with van der Waals surface area (Å²) in [6.07, 6.45) is 3.71. The van der Waals surface area contributed by atoms with E-state index in [4.69, 9.17) is 4.74 Å². The number of carbonyl (C=O) groups excluding carboxylic acids is 1. The van der Waals surface area contributed by atoms with Crippen molar-refractivity contribution in [2.24, 2.45) is 0 Å². The highest BCUT2D eigenvalue weighted by Crippen LogP contribution is 1.97. The minimum absolute atomic E-state index is 0. The van der Waals surface area contributed by atoms with E-state index in [-0.39, 0.29) is 23.0 Å². The molecule has 3 nitrogen and oxygen atoms in total. The van der Waals surface area contributed by atoms with Crippen molar-refractivity contribution in [3.8, 4) is 0 Å². The average Bonchev–Trinajstić information content (AvgIpc) is 2.18. The lowest BCUT2D eigenvalue weighted by Gasteiger charge is -1.99. The van der Waals surface area contributed by atoms with Crippen molar-refractivity contribution in [3.05, 3.63) is 30.1 Å². The number of carbonyl (C=O) groups is 1. The number of aromatic nitrogens is 1. The number of nitrogens with zero attached hydrogens (tertiary/aromatic N) is 1. The van der Waals surface area contributed by atoms with Crippen molar-refractivity contribution in [2.45, 2.75) is 20.4 Å². The van der Waals surface area contributed by atoms with E-state index in [9.17, 15) is 4.79 Å². The van der Waals surface area contributed by atoms with Gasteiger partial charge in [-0.25, -0.2) is 9.36 Å². The van der Waals surface area contributed by atoms with Gasteiger partial charge in [0.15, 0.2) is 12.4 Å². The third-order valence-corrected chi connectivity index (χ3v) is 1.73. The number of rotatable bonds is 3. The molecule has 1 aromatic rings. The van der Waals surface area contributed by atoms with Crippen LogP contribution in [0.3, 0.4) is 0 Å². The fourth-order valence-corrected chi connectivity index (χ4v) is 1.05. The molecule has 1 heterocycles. The Balaban J connectivity index is 0.00000169. The second-order valence-corrected chi connectivity index (χ2v) is 2.64. The van der Waals surface area contributed by atoms with Gasteiger partial charge in [0, 0.05) is 6.07 Å². The maximum Gasteiger partial charge on any atom is 0.344 e. The molecule has 0 N–H and O–H groups in total. The van der Waals surface area contributed by atoms with E-state index < -0.39 is 0 Å². The molecule has 0 fully saturated rings. The van der Waals surface area contributed by atoms with Gasteiger partial charge in [0.1, 0.15) is 12.1 Å². The van der Waals surface area contributed by atoms with Crippen molar-refractivity contribution in [3.63, 3.8) is 0 Å². The van der Waals surface area contributed by atoms with Gasteiger partial charge >= 0.3 is 5.97 Å². The van der Waals surface area contributed by atoms with Crippen LogP contribution in [0.5, 0.6) is 0 Å². The Morgan fingerprint density at radius 3 is 2.79 bits per heavy atom. The molecule has 4 heteroatoms. The van der Waals surface area contributed by atoms with E-state index in [1.54, 1.807) is 19.2 Å². The summed E-state index contributed by atoms with van der Waals surface area (Å²) >= 11 is 0. The largest absolute Gasteiger partial charge is 1.00 e. The predicted octanol–water partition coefficient (Wildman–Crippen LogP) is -1.83. The van der Waals surface area contributed by atoms with Crippen LogP contribution in [0, 0.1) is 0 Å². The topological polar surface area (TPSA) is 30.2 Å². The van der Waals surface area contributed by atoms with Gasteiger partial charge in [-0.1, -0.05) is 0 Å². The first-order valence-electron chi connectivity index (χ1n) is 4.44. The molecule has 0 bridgehead atoms. The van der Waals surface area contributed by atoms with Gasteiger partial charge in [-0.2, -0.15) is 0 Å². The highest BCUT2D eigenvalue weighted by atomic mass is 79.9. The molecule has 0 aliphatic heterocycles. The molecule has 0 aliphatic carbocycles. The molecular weight excluding hydrogens is 246 g/mol. The van der Waals surface area contributed by atoms with Crippen LogP contribution >= 0.6 is 0 Å². The molecule has 0 saturated carbocycles. The van der Waals surface area contributed by atoms with Gasteiger partial charge in [-0.05, 0) is 19.9 Å². The van der Waals surface area contributed by atoms with Crippen molar-refractivity contribution in [1.82, 2.24) is 0 Å². The molecule has 0 spiro atoms. The fourth-order valence-electron chi connectivity index (χ4n) is 1.05. The molecule has 14 heavy (non-hydrogen) atoms. The summed E-state index contributed by atoms with van der Waals surface area (Å²) in [6.45, 7) is 5.09.